The summed E-state index contributed by atoms with van der Waals surface area (Å²) in [5.41, 5.74) is 0.640. The summed E-state index contributed by atoms with van der Waals surface area (Å²) < 4.78 is 103. The van der Waals surface area contributed by atoms with Crippen LogP contribution in [-0.4, -0.2) is 69.7 Å². The van der Waals surface area contributed by atoms with Gasteiger partial charge in [0.1, 0.15) is 23.6 Å². The maximum atomic E-state index is 15.4. The molecule has 0 aliphatic carbocycles. The largest absolute Gasteiger partial charge is 0.573 e. The molecule has 2 aliphatic heterocycles. The molecule has 2 aliphatic rings. The number of nitrogens with one attached hydrogen (secondary N) is 1. The van der Waals surface area contributed by atoms with Crippen molar-refractivity contribution in [3.63, 3.8) is 0 Å². The fourth-order valence-corrected chi connectivity index (χ4v) is 6.04. The number of fused-ring (bicyclic) bond motifs is 1. The standard InChI is InChI=1S/C24H24F4N4O6S/c1-35-21-12-17(15-3-2-4-16(11-15)38-24(26,27)28)18(25)13-20(21)32-8-10-36-22-14-31(7-5-19(22)32)39(33,34)30-23-6-9-37-29-23/h2-4,6,9,11-13,19,22H,5,7-8,10,14H2,1H3,(H,29,30)/t19-,22-/m0/s1. The number of ether oxygens (including phenoxy) is 3. The minimum atomic E-state index is -4.88. The Morgan fingerprint density at radius 2 is 1.97 bits per heavy atom. The van der Waals surface area contributed by atoms with E-state index in [0.29, 0.717) is 24.4 Å². The third-order valence-electron chi connectivity index (χ3n) is 6.52. The number of anilines is 2. The van der Waals surface area contributed by atoms with Gasteiger partial charge >= 0.3 is 16.6 Å². The molecule has 210 valence electrons. The number of halogens is 4. The Morgan fingerprint density at radius 1 is 1.15 bits per heavy atom. The molecule has 0 bridgehead atoms. The van der Waals surface area contributed by atoms with E-state index in [1.54, 1.807) is 0 Å². The summed E-state index contributed by atoms with van der Waals surface area (Å²) in [6, 6.07) is 8.82. The molecule has 1 N–H and O–H groups in total. The summed E-state index contributed by atoms with van der Waals surface area (Å²) >= 11 is 0. The second-order valence-electron chi connectivity index (χ2n) is 8.89. The van der Waals surface area contributed by atoms with Crippen molar-refractivity contribution in [3.8, 4) is 22.6 Å². The highest BCUT2D eigenvalue weighted by Gasteiger charge is 2.41. The van der Waals surface area contributed by atoms with Crippen molar-refractivity contribution in [2.24, 2.45) is 0 Å². The molecule has 5 rings (SSSR count). The molecule has 3 heterocycles. The van der Waals surface area contributed by atoms with Crippen LogP contribution in [0.15, 0.2) is 53.3 Å². The topological polar surface area (TPSA) is 106 Å². The van der Waals surface area contributed by atoms with E-state index in [0.717, 1.165) is 12.1 Å². The Bertz CT molecular complexity index is 1420. The van der Waals surface area contributed by atoms with Gasteiger partial charge < -0.3 is 23.6 Å². The highest BCUT2D eigenvalue weighted by Crippen LogP contribution is 2.40. The number of morpholine rings is 1. The van der Waals surface area contributed by atoms with E-state index < -0.39 is 34.2 Å². The Balaban J connectivity index is 1.38. The number of benzene rings is 2. The average Bonchev–Trinajstić information content (AvgIpc) is 3.39. The van der Waals surface area contributed by atoms with Gasteiger partial charge in [-0.25, -0.2) is 4.39 Å². The summed E-state index contributed by atoms with van der Waals surface area (Å²) in [5.74, 6) is -0.788. The molecule has 3 aromatic rings. The molecular weight excluding hydrogens is 548 g/mol. The molecule has 2 atom stereocenters. The molecule has 0 amide bonds. The van der Waals surface area contributed by atoms with E-state index >= 15 is 4.39 Å². The van der Waals surface area contributed by atoms with Crippen molar-refractivity contribution in [1.82, 2.24) is 9.46 Å². The number of rotatable bonds is 7. The van der Waals surface area contributed by atoms with E-state index in [9.17, 15) is 21.6 Å². The minimum absolute atomic E-state index is 0.0351. The van der Waals surface area contributed by atoms with Crippen LogP contribution in [-0.2, 0) is 14.9 Å². The third kappa shape index (κ3) is 5.89. The highest BCUT2D eigenvalue weighted by atomic mass is 32.2. The molecule has 0 saturated carbocycles. The zero-order valence-corrected chi connectivity index (χ0v) is 21.3. The predicted octanol–water partition coefficient (Wildman–Crippen LogP) is 4.02. The number of hydrogen-bond donors (Lipinski definition) is 1. The van der Waals surface area contributed by atoms with Gasteiger partial charge in [-0.15, -0.1) is 13.2 Å². The second kappa shape index (κ2) is 10.5. The normalized spacial score (nSPS) is 20.4. The lowest BCUT2D eigenvalue weighted by molar-refractivity contribution is -0.274. The molecule has 2 aromatic carbocycles. The number of alkyl halides is 3. The van der Waals surface area contributed by atoms with Gasteiger partial charge in [0, 0.05) is 37.3 Å². The second-order valence-corrected chi connectivity index (χ2v) is 10.6. The Morgan fingerprint density at radius 3 is 2.69 bits per heavy atom. The third-order valence-corrected chi connectivity index (χ3v) is 8.00. The van der Waals surface area contributed by atoms with Crippen molar-refractivity contribution in [1.29, 1.82) is 0 Å². The van der Waals surface area contributed by atoms with Crippen LogP contribution in [0.25, 0.3) is 11.1 Å². The monoisotopic (exact) mass is 572 g/mol. The summed E-state index contributed by atoms with van der Waals surface area (Å²) in [6.07, 6.45) is -3.76. The van der Waals surface area contributed by atoms with Crippen LogP contribution in [0.4, 0.5) is 29.1 Å². The van der Waals surface area contributed by atoms with Gasteiger partial charge in [-0.05, 0) is 30.2 Å². The van der Waals surface area contributed by atoms with E-state index in [4.69, 9.17) is 9.47 Å². The van der Waals surface area contributed by atoms with Crippen molar-refractivity contribution in [2.45, 2.75) is 24.9 Å². The average molecular weight is 573 g/mol. The Hall–Kier alpha value is -3.56. The van der Waals surface area contributed by atoms with Crippen molar-refractivity contribution in [2.75, 3.05) is 43.0 Å². The van der Waals surface area contributed by atoms with Crippen LogP contribution in [0.1, 0.15) is 6.42 Å². The number of hydrogen-bond acceptors (Lipinski definition) is 8. The summed E-state index contributed by atoms with van der Waals surface area (Å²) in [5, 5.41) is 3.57. The van der Waals surface area contributed by atoms with Gasteiger partial charge in [-0.2, -0.15) is 12.7 Å². The zero-order chi connectivity index (χ0) is 27.8. The molecule has 0 radical (unpaired) electrons. The first kappa shape index (κ1) is 27.0. The lowest BCUT2D eigenvalue weighted by Crippen LogP contribution is -2.60. The van der Waals surface area contributed by atoms with E-state index in [1.165, 1.54) is 48.0 Å². The van der Waals surface area contributed by atoms with E-state index in [2.05, 4.69) is 19.1 Å². The van der Waals surface area contributed by atoms with Crippen LogP contribution < -0.4 is 19.1 Å². The first-order chi connectivity index (χ1) is 18.5. The molecule has 0 unspecified atom stereocenters. The SMILES string of the molecule is COc1cc(-c2cccc(OC(F)(F)F)c2)c(F)cc1N1CCO[C@H]2CN(S(=O)(=O)Nc3ccon3)CC[C@@H]21. The highest BCUT2D eigenvalue weighted by molar-refractivity contribution is 7.90. The molecule has 15 heteroatoms. The van der Waals surface area contributed by atoms with Crippen LogP contribution in [0.3, 0.4) is 0 Å². The zero-order valence-electron chi connectivity index (χ0n) is 20.5. The summed E-state index contributed by atoms with van der Waals surface area (Å²) in [6.45, 7) is 0.886. The Labute approximate surface area is 221 Å². The molecule has 39 heavy (non-hydrogen) atoms. The van der Waals surface area contributed by atoms with Gasteiger partial charge in [0.25, 0.3) is 0 Å². The van der Waals surface area contributed by atoms with Crippen molar-refractivity contribution < 1.29 is 44.7 Å². The van der Waals surface area contributed by atoms with Gasteiger partial charge in [0.05, 0.1) is 31.5 Å². The predicted molar refractivity (Wildman–Crippen MR) is 131 cm³/mol. The van der Waals surface area contributed by atoms with Crippen LogP contribution in [0, 0.1) is 5.82 Å². The van der Waals surface area contributed by atoms with Crippen LogP contribution >= 0.6 is 0 Å². The number of piperidine rings is 1. The lowest BCUT2D eigenvalue weighted by Gasteiger charge is -2.47. The van der Waals surface area contributed by atoms with Gasteiger partial charge in [0.2, 0.25) is 0 Å². The quantitative estimate of drug-likeness (QED) is 0.424. The molecule has 2 fully saturated rings. The van der Waals surface area contributed by atoms with Crippen molar-refractivity contribution >= 4 is 21.7 Å². The number of methoxy groups -OCH3 is 1. The molecule has 10 nitrogen and oxygen atoms in total. The molecule has 2 saturated heterocycles. The first-order valence-electron chi connectivity index (χ1n) is 11.8. The summed E-state index contributed by atoms with van der Waals surface area (Å²) in [4.78, 5) is 1.91. The maximum absolute atomic E-state index is 15.4. The summed E-state index contributed by atoms with van der Waals surface area (Å²) in [7, 11) is -2.50. The molecular formula is C24H24F4N4O6S. The smallest absolute Gasteiger partial charge is 0.495 e. The van der Waals surface area contributed by atoms with Gasteiger partial charge in [0.15, 0.2) is 5.82 Å². The number of nitrogens with zero attached hydrogens (tertiary/aromatic N) is 3. The van der Waals surface area contributed by atoms with E-state index in [1.807, 2.05) is 4.90 Å². The van der Waals surface area contributed by atoms with E-state index in [-0.39, 0.29) is 42.7 Å². The van der Waals surface area contributed by atoms with Crippen molar-refractivity contribution in [3.05, 3.63) is 54.5 Å². The lowest BCUT2D eigenvalue weighted by atomic mass is 9.97. The van der Waals surface area contributed by atoms with Crippen LogP contribution in [0.2, 0.25) is 0 Å². The van der Waals surface area contributed by atoms with Crippen LogP contribution in [0.5, 0.6) is 11.5 Å². The maximum Gasteiger partial charge on any atom is 0.573 e. The Kier molecular flexibility index (Phi) is 7.31. The minimum Gasteiger partial charge on any atom is -0.495 e. The van der Waals surface area contributed by atoms with Gasteiger partial charge in [-0.3, -0.25) is 4.72 Å². The van der Waals surface area contributed by atoms with Gasteiger partial charge in [-0.1, -0.05) is 17.3 Å². The molecule has 0 spiro atoms. The fourth-order valence-electron chi connectivity index (χ4n) is 4.86. The molecule has 1 aromatic heterocycles. The fraction of sp³-hybridized carbons (Fsp3) is 0.375. The number of aromatic nitrogens is 1. The first-order valence-corrected chi connectivity index (χ1v) is 13.3.